The molecule has 1 rings (SSSR count). The van der Waals surface area contributed by atoms with Gasteiger partial charge >= 0.3 is 0 Å². The molecule has 13 heavy (non-hydrogen) atoms. The van der Waals surface area contributed by atoms with Crippen LogP contribution >= 0.6 is 0 Å². The summed E-state index contributed by atoms with van der Waals surface area (Å²) in [6.07, 6.45) is 0. The Balaban J connectivity index is 2.94. The van der Waals surface area contributed by atoms with Crippen LogP contribution in [-0.2, 0) is 0 Å². The zero-order chi connectivity index (χ0) is 9.84. The van der Waals surface area contributed by atoms with Crippen molar-refractivity contribution in [3.05, 3.63) is 35.4 Å². The van der Waals surface area contributed by atoms with Crippen molar-refractivity contribution in [2.75, 3.05) is 0 Å². The maximum Gasteiger partial charge on any atom is 0.0735 e. The van der Waals surface area contributed by atoms with Crippen molar-refractivity contribution in [1.29, 1.82) is 5.26 Å². The molecule has 0 aliphatic rings. The van der Waals surface area contributed by atoms with Gasteiger partial charge in [-0.25, -0.2) is 0 Å². The van der Waals surface area contributed by atoms with E-state index >= 15 is 0 Å². The summed E-state index contributed by atoms with van der Waals surface area (Å²) in [6.45, 7) is 6.21. The third-order valence-corrected chi connectivity index (χ3v) is 2.24. The van der Waals surface area contributed by atoms with E-state index in [0.717, 1.165) is 5.56 Å². The molecular formula is C12H15N. The lowest BCUT2D eigenvalue weighted by molar-refractivity contribution is 0.587. The molecule has 0 N–H and O–H groups in total. The first-order valence-electron chi connectivity index (χ1n) is 4.61. The van der Waals surface area contributed by atoms with Crippen molar-refractivity contribution in [2.24, 2.45) is 5.92 Å². The molecule has 0 radical (unpaired) electrons. The molecule has 0 aliphatic heterocycles. The van der Waals surface area contributed by atoms with Crippen LogP contribution in [-0.4, -0.2) is 0 Å². The number of rotatable bonds is 2. The van der Waals surface area contributed by atoms with E-state index in [1.807, 2.05) is 12.1 Å². The first kappa shape index (κ1) is 9.80. The average Bonchev–Trinajstić information content (AvgIpc) is 2.09. The third kappa shape index (κ3) is 2.32. The smallest absolute Gasteiger partial charge is 0.0735 e. The van der Waals surface area contributed by atoms with E-state index in [1.165, 1.54) is 5.56 Å². The standard InChI is InChI=1S/C12H15N/c1-9(2)12(8-13)11-6-4-10(3)5-7-11/h4-7,9,12H,1-3H3/t12-/m0/s1. The highest BCUT2D eigenvalue weighted by Crippen LogP contribution is 2.23. The molecular weight excluding hydrogens is 158 g/mol. The molecule has 1 atom stereocenters. The second-order valence-electron chi connectivity index (χ2n) is 3.76. The van der Waals surface area contributed by atoms with E-state index in [9.17, 15) is 0 Å². The van der Waals surface area contributed by atoms with Crippen LogP contribution in [0, 0.1) is 24.2 Å². The summed E-state index contributed by atoms with van der Waals surface area (Å²) in [5.74, 6) is 0.410. The first-order chi connectivity index (χ1) is 6.15. The van der Waals surface area contributed by atoms with Crippen LogP contribution in [0.15, 0.2) is 24.3 Å². The van der Waals surface area contributed by atoms with Crippen LogP contribution in [0.25, 0.3) is 0 Å². The number of nitriles is 1. The average molecular weight is 173 g/mol. The van der Waals surface area contributed by atoms with Gasteiger partial charge in [0.25, 0.3) is 0 Å². The molecule has 0 bridgehead atoms. The molecule has 1 nitrogen and oxygen atoms in total. The summed E-state index contributed by atoms with van der Waals surface area (Å²) in [7, 11) is 0. The summed E-state index contributed by atoms with van der Waals surface area (Å²) >= 11 is 0. The van der Waals surface area contributed by atoms with Crippen LogP contribution < -0.4 is 0 Å². The molecule has 0 aliphatic carbocycles. The predicted molar refractivity (Wildman–Crippen MR) is 54.4 cm³/mol. The molecule has 1 aromatic rings. The SMILES string of the molecule is Cc1ccc([C@@H](C#N)C(C)C)cc1. The number of hydrogen-bond acceptors (Lipinski definition) is 1. The zero-order valence-electron chi connectivity index (χ0n) is 8.41. The molecule has 0 amide bonds. The molecule has 1 heteroatoms. The quantitative estimate of drug-likeness (QED) is 0.673. The van der Waals surface area contributed by atoms with Crippen molar-refractivity contribution in [1.82, 2.24) is 0 Å². The largest absolute Gasteiger partial charge is 0.198 e. The molecule has 0 spiro atoms. The van der Waals surface area contributed by atoms with Crippen LogP contribution in [0.4, 0.5) is 0 Å². The van der Waals surface area contributed by atoms with Crippen molar-refractivity contribution in [3.8, 4) is 6.07 Å². The summed E-state index contributed by atoms with van der Waals surface area (Å²) in [6, 6.07) is 10.5. The van der Waals surface area contributed by atoms with E-state index < -0.39 is 0 Å². The zero-order valence-corrected chi connectivity index (χ0v) is 8.41. The van der Waals surface area contributed by atoms with Gasteiger partial charge in [-0.3, -0.25) is 0 Å². The Bertz CT molecular complexity index is 303. The van der Waals surface area contributed by atoms with Gasteiger partial charge in [0.1, 0.15) is 0 Å². The Hall–Kier alpha value is -1.29. The predicted octanol–water partition coefficient (Wildman–Crippen LogP) is 3.26. The Morgan fingerprint density at radius 2 is 1.69 bits per heavy atom. The van der Waals surface area contributed by atoms with E-state index in [2.05, 4.69) is 39.0 Å². The van der Waals surface area contributed by atoms with Crippen molar-refractivity contribution >= 4 is 0 Å². The number of nitrogens with zero attached hydrogens (tertiary/aromatic N) is 1. The van der Waals surface area contributed by atoms with Crippen molar-refractivity contribution < 1.29 is 0 Å². The summed E-state index contributed by atoms with van der Waals surface area (Å²) in [5.41, 5.74) is 2.37. The molecule has 0 unspecified atom stereocenters. The Morgan fingerprint density at radius 3 is 2.08 bits per heavy atom. The van der Waals surface area contributed by atoms with E-state index in [-0.39, 0.29) is 5.92 Å². The van der Waals surface area contributed by atoms with Gasteiger partial charge < -0.3 is 0 Å². The molecule has 68 valence electrons. The van der Waals surface area contributed by atoms with E-state index in [0.29, 0.717) is 5.92 Å². The molecule has 0 fully saturated rings. The minimum Gasteiger partial charge on any atom is -0.198 e. The molecule has 0 saturated heterocycles. The van der Waals surface area contributed by atoms with Crippen molar-refractivity contribution in [2.45, 2.75) is 26.7 Å². The van der Waals surface area contributed by atoms with E-state index in [4.69, 9.17) is 5.26 Å². The second kappa shape index (κ2) is 4.09. The summed E-state index contributed by atoms with van der Waals surface area (Å²) in [5, 5.41) is 8.97. The van der Waals surface area contributed by atoms with Gasteiger partial charge in [-0.05, 0) is 18.4 Å². The van der Waals surface area contributed by atoms with Gasteiger partial charge in [-0.15, -0.1) is 0 Å². The normalized spacial score (nSPS) is 12.5. The third-order valence-electron chi connectivity index (χ3n) is 2.24. The number of hydrogen-bond donors (Lipinski definition) is 0. The van der Waals surface area contributed by atoms with Crippen LogP contribution in [0.1, 0.15) is 30.9 Å². The van der Waals surface area contributed by atoms with Gasteiger partial charge in [0.05, 0.1) is 12.0 Å². The fraction of sp³-hybridized carbons (Fsp3) is 0.417. The highest BCUT2D eigenvalue weighted by atomic mass is 14.3. The molecule has 0 aromatic heterocycles. The summed E-state index contributed by atoms with van der Waals surface area (Å²) < 4.78 is 0. The number of aryl methyl sites for hydroxylation is 1. The van der Waals surface area contributed by atoms with Gasteiger partial charge in [-0.2, -0.15) is 5.26 Å². The van der Waals surface area contributed by atoms with Crippen LogP contribution in [0.5, 0.6) is 0 Å². The fourth-order valence-electron chi connectivity index (χ4n) is 1.38. The second-order valence-corrected chi connectivity index (χ2v) is 3.76. The highest BCUT2D eigenvalue weighted by molar-refractivity contribution is 5.28. The molecule has 1 aromatic carbocycles. The Morgan fingerprint density at radius 1 is 1.15 bits per heavy atom. The van der Waals surface area contributed by atoms with Crippen LogP contribution in [0.3, 0.4) is 0 Å². The Labute approximate surface area is 80.0 Å². The molecule has 0 heterocycles. The van der Waals surface area contributed by atoms with Crippen molar-refractivity contribution in [3.63, 3.8) is 0 Å². The maximum absolute atomic E-state index is 8.97. The van der Waals surface area contributed by atoms with Crippen LogP contribution in [0.2, 0.25) is 0 Å². The van der Waals surface area contributed by atoms with Gasteiger partial charge in [0.15, 0.2) is 0 Å². The van der Waals surface area contributed by atoms with Gasteiger partial charge in [-0.1, -0.05) is 43.7 Å². The summed E-state index contributed by atoms with van der Waals surface area (Å²) in [4.78, 5) is 0. The lowest BCUT2D eigenvalue weighted by Crippen LogP contribution is -2.03. The lowest BCUT2D eigenvalue weighted by atomic mass is 9.89. The first-order valence-corrected chi connectivity index (χ1v) is 4.61. The molecule has 0 saturated carbocycles. The monoisotopic (exact) mass is 173 g/mol. The highest BCUT2D eigenvalue weighted by Gasteiger charge is 2.13. The van der Waals surface area contributed by atoms with Gasteiger partial charge in [0, 0.05) is 0 Å². The van der Waals surface area contributed by atoms with Gasteiger partial charge in [0.2, 0.25) is 0 Å². The maximum atomic E-state index is 8.97. The fourth-order valence-corrected chi connectivity index (χ4v) is 1.38. The van der Waals surface area contributed by atoms with E-state index in [1.54, 1.807) is 0 Å². The lowest BCUT2D eigenvalue weighted by Gasteiger charge is -2.12. The minimum absolute atomic E-state index is 0.0283. The Kier molecular flexibility index (Phi) is 3.08. The minimum atomic E-state index is 0.0283. The topological polar surface area (TPSA) is 23.8 Å². The number of benzene rings is 1.